The number of hydrogen-bond acceptors (Lipinski definition) is 4. The lowest BCUT2D eigenvalue weighted by atomic mass is 9.98. The number of hydrogen-bond donors (Lipinski definition) is 1. The summed E-state index contributed by atoms with van der Waals surface area (Å²) in [5.41, 5.74) is 5.47. The highest BCUT2D eigenvalue weighted by atomic mass is 16.6. The SMILES string of the molecule is CC(C)(C)C(=O)OC(=O)N=N. The van der Waals surface area contributed by atoms with Gasteiger partial charge >= 0.3 is 12.1 Å². The van der Waals surface area contributed by atoms with Crippen molar-refractivity contribution in [3.8, 4) is 0 Å². The van der Waals surface area contributed by atoms with E-state index in [-0.39, 0.29) is 0 Å². The Morgan fingerprint density at radius 1 is 1.36 bits per heavy atom. The van der Waals surface area contributed by atoms with Crippen LogP contribution in [0.2, 0.25) is 0 Å². The average molecular weight is 158 g/mol. The highest BCUT2D eigenvalue weighted by Gasteiger charge is 2.25. The fraction of sp³-hybridized carbons (Fsp3) is 0.667. The number of esters is 1. The third kappa shape index (κ3) is 3.44. The zero-order valence-corrected chi connectivity index (χ0v) is 6.67. The van der Waals surface area contributed by atoms with Crippen molar-refractivity contribution in [2.75, 3.05) is 0 Å². The molecule has 0 aliphatic heterocycles. The summed E-state index contributed by atoms with van der Waals surface area (Å²) in [4.78, 5) is 21.1. The van der Waals surface area contributed by atoms with Crippen LogP contribution in [0.15, 0.2) is 5.11 Å². The van der Waals surface area contributed by atoms with Crippen LogP contribution in [0.3, 0.4) is 0 Å². The molecule has 62 valence electrons. The maximum absolute atomic E-state index is 10.8. The molecule has 0 aromatic heterocycles. The van der Waals surface area contributed by atoms with Crippen molar-refractivity contribution in [3.63, 3.8) is 0 Å². The zero-order valence-electron chi connectivity index (χ0n) is 6.67. The molecule has 5 heteroatoms. The molecule has 11 heavy (non-hydrogen) atoms. The smallest absolute Gasteiger partial charge is 0.373 e. The quantitative estimate of drug-likeness (QED) is 0.331. The molecule has 0 radical (unpaired) electrons. The van der Waals surface area contributed by atoms with Crippen molar-refractivity contribution in [2.24, 2.45) is 10.5 Å². The van der Waals surface area contributed by atoms with Gasteiger partial charge in [-0.3, -0.25) is 4.79 Å². The van der Waals surface area contributed by atoms with Gasteiger partial charge in [-0.2, -0.15) is 5.53 Å². The highest BCUT2D eigenvalue weighted by molar-refractivity contribution is 5.87. The fourth-order valence-electron chi connectivity index (χ4n) is 0.255. The molecule has 0 aromatic carbocycles. The predicted octanol–water partition coefficient (Wildman–Crippen LogP) is 1.73. The summed E-state index contributed by atoms with van der Waals surface area (Å²) in [5, 5.41) is 2.41. The van der Waals surface area contributed by atoms with Gasteiger partial charge in [-0.05, 0) is 20.8 Å². The molecule has 0 unspecified atom stereocenters. The summed E-state index contributed by atoms with van der Waals surface area (Å²) in [6.45, 7) is 4.81. The Morgan fingerprint density at radius 2 is 1.82 bits per heavy atom. The summed E-state index contributed by atoms with van der Waals surface area (Å²) in [5.74, 6) is -0.682. The second-order valence-corrected chi connectivity index (χ2v) is 3.02. The van der Waals surface area contributed by atoms with Crippen LogP contribution in [0.5, 0.6) is 0 Å². The van der Waals surface area contributed by atoms with Gasteiger partial charge in [0, 0.05) is 0 Å². The summed E-state index contributed by atoms with van der Waals surface area (Å²) >= 11 is 0. The normalized spacial score (nSPS) is 10.5. The number of nitrogens with one attached hydrogen (secondary N) is 1. The molecule has 0 aliphatic carbocycles. The van der Waals surface area contributed by atoms with E-state index in [1.807, 2.05) is 0 Å². The van der Waals surface area contributed by atoms with Crippen LogP contribution < -0.4 is 0 Å². The molecule has 5 nitrogen and oxygen atoms in total. The monoisotopic (exact) mass is 158 g/mol. The third-order valence-electron chi connectivity index (χ3n) is 0.884. The van der Waals surface area contributed by atoms with E-state index in [2.05, 4.69) is 9.85 Å². The molecule has 0 spiro atoms. The second kappa shape index (κ2) is 3.23. The molecule has 0 rings (SSSR count). The van der Waals surface area contributed by atoms with Gasteiger partial charge < -0.3 is 4.74 Å². The van der Waals surface area contributed by atoms with Crippen LogP contribution >= 0.6 is 0 Å². The van der Waals surface area contributed by atoms with Crippen molar-refractivity contribution in [3.05, 3.63) is 0 Å². The number of amides is 1. The first-order valence-electron chi connectivity index (χ1n) is 3.01. The molecule has 0 saturated heterocycles. The van der Waals surface area contributed by atoms with Crippen molar-refractivity contribution >= 4 is 12.1 Å². The van der Waals surface area contributed by atoms with Gasteiger partial charge in [0.05, 0.1) is 5.41 Å². The molecule has 0 heterocycles. The predicted molar refractivity (Wildman–Crippen MR) is 36.1 cm³/mol. The standard InChI is InChI=1S/C6H10N2O3/c1-6(2,3)4(9)11-5(10)8-7/h7H,1-3H3. The second-order valence-electron chi connectivity index (χ2n) is 3.02. The highest BCUT2D eigenvalue weighted by Crippen LogP contribution is 2.15. The van der Waals surface area contributed by atoms with Crippen molar-refractivity contribution in [1.29, 1.82) is 5.53 Å². The van der Waals surface area contributed by atoms with Gasteiger partial charge in [0.1, 0.15) is 0 Å². The molecular formula is C6H10N2O3. The molecule has 0 bridgehead atoms. The minimum atomic E-state index is -1.18. The van der Waals surface area contributed by atoms with E-state index in [1.54, 1.807) is 20.8 Å². The first-order chi connectivity index (χ1) is 4.88. The van der Waals surface area contributed by atoms with Crippen molar-refractivity contribution in [1.82, 2.24) is 0 Å². The number of nitrogens with zero attached hydrogens (tertiary/aromatic N) is 1. The van der Waals surface area contributed by atoms with Crippen molar-refractivity contribution in [2.45, 2.75) is 20.8 Å². The van der Waals surface area contributed by atoms with Crippen LogP contribution in [-0.2, 0) is 9.53 Å². The Morgan fingerprint density at radius 3 is 2.09 bits per heavy atom. The number of carbonyl (C=O) groups excluding carboxylic acids is 2. The summed E-state index contributed by atoms with van der Waals surface area (Å²) < 4.78 is 4.13. The van der Waals surface area contributed by atoms with E-state index in [4.69, 9.17) is 5.53 Å². The number of carbonyl (C=O) groups is 2. The van der Waals surface area contributed by atoms with E-state index < -0.39 is 17.5 Å². The topological polar surface area (TPSA) is 79.6 Å². The minimum absolute atomic E-state index is 0.682. The lowest BCUT2D eigenvalue weighted by molar-refractivity contribution is -0.145. The Balaban J connectivity index is 4.09. The van der Waals surface area contributed by atoms with E-state index in [9.17, 15) is 9.59 Å². The molecule has 0 atom stereocenters. The lowest BCUT2D eigenvalue weighted by Gasteiger charge is -2.13. The molecule has 1 amide bonds. The van der Waals surface area contributed by atoms with Crippen molar-refractivity contribution < 1.29 is 14.3 Å². The Bertz CT molecular complexity index is 192. The largest absolute Gasteiger partial charge is 0.459 e. The molecule has 0 aromatic rings. The van der Waals surface area contributed by atoms with E-state index in [1.165, 1.54) is 0 Å². The van der Waals surface area contributed by atoms with E-state index in [0.717, 1.165) is 0 Å². The van der Waals surface area contributed by atoms with Crippen LogP contribution in [-0.4, -0.2) is 12.1 Å². The molecule has 0 saturated carbocycles. The molecule has 0 aliphatic rings. The third-order valence-corrected chi connectivity index (χ3v) is 0.884. The first-order valence-corrected chi connectivity index (χ1v) is 3.01. The van der Waals surface area contributed by atoms with Crippen LogP contribution in [0.4, 0.5) is 4.79 Å². The maximum atomic E-state index is 10.8. The minimum Gasteiger partial charge on any atom is -0.373 e. The van der Waals surface area contributed by atoms with Gasteiger partial charge in [-0.25, -0.2) is 4.79 Å². The van der Waals surface area contributed by atoms with E-state index in [0.29, 0.717) is 0 Å². The summed E-state index contributed by atoms with van der Waals surface area (Å²) in [6, 6.07) is 0. The summed E-state index contributed by atoms with van der Waals surface area (Å²) in [7, 11) is 0. The number of ether oxygens (including phenoxy) is 1. The zero-order chi connectivity index (χ0) is 9.07. The molecule has 1 N–H and O–H groups in total. The maximum Gasteiger partial charge on any atom is 0.459 e. The number of rotatable bonds is 0. The van der Waals surface area contributed by atoms with Crippen LogP contribution in [0, 0.1) is 10.9 Å². The fourth-order valence-corrected chi connectivity index (χ4v) is 0.255. The average Bonchev–Trinajstić information content (AvgIpc) is 1.85. The van der Waals surface area contributed by atoms with Gasteiger partial charge in [-0.1, -0.05) is 5.11 Å². The Labute approximate surface area is 64.2 Å². The molecule has 0 fully saturated rings. The van der Waals surface area contributed by atoms with Gasteiger partial charge in [-0.15, -0.1) is 0 Å². The van der Waals surface area contributed by atoms with Gasteiger partial charge in [0.25, 0.3) is 0 Å². The first kappa shape index (κ1) is 9.74. The lowest BCUT2D eigenvalue weighted by Crippen LogP contribution is -2.24. The Kier molecular flexibility index (Phi) is 2.86. The van der Waals surface area contributed by atoms with Gasteiger partial charge in [0.2, 0.25) is 0 Å². The summed E-state index contributed by atoms with van der Waals surface area (Å²) in [6.07, 6.45) is -1.18. The van der Waals surface area contributed by atoms with Crippen LogP contribution in [0.1, 0.15) is 20.8 Å². The van der Waals surface area contributed by atoms with E-state index >= 15 is 0 Å². The van der Waals surface area contributed by atoms with Crippen LogP contribution in [0.25, 0.3) is 0 Å². The Hall–Kier alpha value is -1.26. The van der Waals surface area contributed by atoms with Gasteiger partial charge in [0.15, 0.2) is 0 Å². The molecular weight excluding hydrogens is 148 g/mol.